The minimum Gasteiger partial charge on any atom is -0.282 e. The molecule has 172 valence electrons. The van der Waals surface area contributed by atoms with Crippen LogP contribution in [-0.2, 0) is 10.1 Å². The van der Waals surface area contributed by atoms with Gasteiger partial charge < -0.3 is 0 Å². The third kappa shape index (κ3) is 4.70. The third-order valence-corrected chi connectivity index (χ3v) is 6.50. The quantitative estimate of drug-likeness (QED) is 0.202. The van der Waals surface area contributed by atoms with E-state index in [0.717, 1.165) is 33.1 Å². The summed E-state index contributed by atoms with van der Waals surface area (Å²) in [7, 11) is -4.30. The molecule has 0 aliphatic heterocycles. The Hall–Kier alpha value is -4.27. The molecule has 5 aromatic carbocycles. The normalized spacial score (nSPS) is 12.3. The molecule has 8 heteroatoms. The Labute approximate surface area is 202 Å². The van der Waals surface area contributed by atoms with Crippen molar-refractivity contribution in [1.82, 2.24) is 0 Å². The van der Waals surface area contributed by atoms with Gasteiger partial charge in [0.15, 0.2) is 0 Å². The van der Waals surface area contributed by atoms with Gasteiger partial charge in [0.1, 0.15) is 0 Å². The first kappa shape index (κ1) is 22.5. The molecule has 1 N–H and O–H groups in total. The van der Waals surface area contributed by atoms with E-state index in [1.165, 1.54) is 12.1 Å². The molecule has 0 aromatic heterocycles. The van der Waals surface area contributed by atoms with E-state index < -0.39 is 10.1 Å². The van der Waals surface area contributed by atoms with Crippen molar-refractivity contribution >= 4 is 54.4 Å². The largest absolute Gasteiger partial charge is 0.294 e. The van der Waals surface area contributed by atoms with E-state index in [4.69, 9.17) is 0 Å². The van der Waals surface area contributed by atoms with Crippen molar-refractivity contribution in [1.29, 1.82) is 0 Å². The van der Waals surface area contributed by atoms with Crippen molar-refractivity contribution in [2.75, 3.05) is 0 Å². The Morgan fingerprint density at radius 3 is 1.69 bits per heavy atom. The minimum atomic E-state index is -4.30. The lowest BCUT2D eigenvalue weighted by Gasteiger charge is -2.07. The lowest BCUT2D eigenvalue weighted by Crippen LogP contribution is -1.97. The van der Waals surface area contributed by atoms with E-state index >= 15 is 0 Å². The lowest BCUT2D eigenvalue weighted by atomic mass is 10.0. The predicted octanol–water partition coefficient (Wildman–Crippen LogP) is 8.38. The average molecular weight is 481 g/mol. The van der Waals surface area contributed by atoms with E-state index in [1.807, 2.05) is 85.8 Å². The molecule has 0 unspecified atom stereocenters. The van der Waals surface area contributed by atoms with Gasteiger partial charge in [-0.15, -0.1) is 15.3 Å². The number of azo groups is 2. The van der Waals surface area contributed by atoms with Gasteiger partial charge in [-0.3, -0.25) is 4.55 Å². The highest BCUT2D eigenvalue weighted by atomic mass is 32.2. The van der Waals surface area contributed by atoms with Crippen molar-refractivity contribution in [3.63, 3.8) is 0 Å². The highest BCUT2D eigenvalue weighted by Gasteiger charge is 2.13. The molecule has 0 saturated carbocycles. The van der Waals surface area contributed by atoms with E-state index in [-0.39, 0.29) is 4.90 Å². The highest BCUT2D eigenvalue weighted by Crippen LogP contribution is 2.36. The maximum absolute atomic E-state index is 11.6. The molecule has 35 heavy (non-hydrogen) atoms. The van der Waals surface area contributed by atoms with Gasteiger partial charge >= 0.3 is 0 Å². The minimum absolute atomic E-state index is 0.159. The summed E-state index contributed by atoms with van der Waals surface area (Å²) in [5.74, 6) is 0. The zero-order valence-corrected chi connectivity index (χ0v) is 19.5. The fourth-order valence-electron chi connectivity index (χ4n) is 3.86. The van der Waals surface area contributed by atoms with Crippen LogP contribution in [0.25, 0.3) is 21.5 Å². The first-order valence-corrected chi connectivity index (χ1v) is 12.3. The Bertz CT molecular complexity index is 1730. The number of fused-ring (bicyclic) bond motifs is 2. The molecular weight excluding hydrogens is 460 g/mol. The Morgan fingerprint density at radius 2 is 1.09 bits per heavy atom. The van der Waals surface area contributed by atoms with Crippen molar-refractivity contribution < 1.29 is 13.0 Å². The molecule has 0 atom stereocenters. The van der Waals surface area contributed by atoms with Crippen LogP contribution in [0.4, 0.5) is 22.7 Å². The van der Waals surface area contributed by atoms with Crippen LogP contribution in [0.2, 0.25) is 0 Å². The van der Waals surface area contributed by atoms with Gasteiger partial charge in [-0.1, -0.05) is 54.6 Å². The summed E-state index contributed by atoms with van der Waals surface area (Å²) in [5, 5.41) is 20.9. The van der Waals surface area contributed by atoms with Gasteiger partial charge in [-0.2, -0.15) is 13.5 Å². The SMILES string of the molecule is Cc1ccc(/N=N/c2ccc(/N=N/c3ccccc3)c3ccccc23)c2ccc(S(=O)(=O)O)cc12. The second kappa shape index (κ2) is 9.17. The highest BCUT2D eigenvalue weighted by molar-refractivity contribution is 7.85. The Morgan fingerprint density at radius 1 is 0.571 bits per heavy atom. The molecule has 0 spiro atoms. The van der Waals surface area contributed by atoms with Gasteiger partial charge in [-0.05, 0) is 60.3 Å². The summed E-state index contributed by atoms with van der Waals surface area (Å²) in [6.07, 6.45) is 0. The van der Waals surface area contributed by atoms with Gasteiger partial charge in [0.2, 0.25) is 0 Å². The smallest absolute Gasteiger partial charge is 0.282 e. The number of hydrogen-bond acceptors (Lipinski definition) is 6. The average Bonchev–Trinajstić information content (AvgIpc) is 2.87. The summed E-state index contributed by atoms with van der Waals surface area (Å²) in [4.78, 5) is -0.159. The molecule has 7 nitrogen and oxygen atoms in total. The fourth-order valence-corrected chi connectivity index (χ4v) is 4.37. The number of aryl methyl sites for hydroxylation is 1. The molecule has 0 saturated heterocycles. The van der Waals surface area contributed by atoms with Crippen molar-refractivity contribution in [3.05, 3.63) is 103 Å². The van der Waals surface area contributed by atoms with Crippen LogP contribution in [0.15, 0.2) is 122 Å². The van der Waals surface area contributed by atoms with E-state index in [2.05, 4.69) is 20.5 Å². The lowest BCUT2D eigenvalue weighted by molar-refractivity contribution is 0.483. The molecule has 5 rings (SSSR count). The molecule has 0 bridgehead atoms. The van der Waals surface area contributed by atoms with E-state index in [9.17, 15) is 13.0 Å². The third-order valence-electron chi connectivity index (χ3n) is 5.65. The first-order valence-electron chi connectivity index (χ1n) is 10.8. The van der Waals surface area contributed by atoms with Crippen LogP contribution in [0.5, 0.6) is 0 Å². The predicted molar refractivity (Wildman–Crippen MR) is 137 cm³/mol. The van der Waals surface area contributed by atoms with Crippen LogP contribution < -0.4 is 0 Å². The number of nitrogens with zero attached hydrogens (tertiary/aromatic N) is 4. The first-order chi connectivity index (χ1) is 16.9. The van der Waals surface area contributed by atoms with Crippen molar-refractivity contribution in [2.24, 2.45) is 20.5 Å². The van der Waals surface area contributed by atoms with E-state index in [0.29, 0.717) is 16.8 Å². The van der Waals surface area contributed by atoms with Gasteiger partial charge in [0, 0.05) is 16.2 Å². The zero-order chi connectivity index (χ0) is 24.4. The molecule has 5 aromatic rings. The molecular formula is C27H20N4O3S. The Kier molecular flexibility index (Phi) is 5.90. The maximum atomic E-state index is 11.6. The number of hydrogen-bond donors (Lipinski definition) is 1. The van der Waals surface area contributed by atoms with Crippen LogP contribution in [-0.4, -0.2) is 13.0 Å². The molecule has 0 aliphatic carbocycles. The van der Waals surface area contributed by atoms with Crippen molar-refractivity contribution in [2.45, 2.75) is 11.8 Å². The Balaban J connectivity index is 1.55. The molecule has 0 aliphatic rings. The molecule has 0 heterocycles. The van der Waals surface area contributed by atoms with Crippen LogP contribution in [0, 0.1) is 6.92 Å². The second-order valence-electron chi connectivity index (χ2n) is 7.97. The summed E-state index contributed by atoms with van der Waals surface area (Å²) in [6.45, 7) is 1.87. The molecule has 0 radical (unpaired) electrons. The van der Waals surface area contributed by atoms with E-state index in [1.54, 1.807) is 6.07 Å². The maximum Gasteiger partial charge on any atom is 0.294 e. The summed E-state index contributed by atoms with van der Waals surface area (Å²) >= 11 is 0. The van der Waals surface area contributed by atoms with Crippen LogP contribution in [0.3, 0.4) is 0 Å². The van der Waals surface area contributed by atoms with Crippen LogP contribution >= 0.6 is 0 Å². The standard InChI is InChI=1S/C27H20N4O3S/c1-18-11-14-25(23-13-12-20(17-24(18)23)35(32,33)34)30-31-27-16-15-26(21-9-5-6-10-22(21)27)29-28-19-7-3-2-4-8-19/h2-17H,1H3,(H,32,33,34)/b29-28+,31-30+. The fraction of sp³-hybridized carbons (Fsp3) is 0.0370. The number of rotatable bonds is 5. The van der Waals surface area contributed by atoms with Crippen LogP contribution in [0.1, 0.15) is 5.56 Å². The zero-order valence-electron chi connectivity index (χ0n) is 18.7. The van der Waals surface area contributed by atoms with Gasteiger partial charge in [-0.25, -0.2) is 0 Å². The van der Waals surface area contributed by atoms with Gasteiger partial charge in [0.05, 0.1) is 27.6 Å². The summed E-state index contributed by atoms with van der Waals surface area (Å²) < 4.78 is 32.5. The molecule has 0 amide bonds. The second-order valence-corrected chi connectivity index (χ2v) is 9.39. The number of benzene rings is 5. The van der Waals surface area contributed by atoms with Crippen molar-refractivity contribution in [3.8, 4) is 0 Å². The topological polar surface area (TPSA) is 104 Å². The summed E-state index contributed by atoms with van der Waals surface area (Å²) in [6, 6.07) is 29.1. The summed E-state index contributed by atoms with van der Waals surface area (Å²) in [5.41, 5.74) is 3.61. The molecule has 0 fully saturated rings. The monoisotopic (exact) mass is 480 g/mol. The van der Waals surface area contributed by atoms with Gasteiger partial charge in [0.25, 0.3) is 10.1 Å².